The van der Waals surface area contributed by atoms with E-state index in [9.17, 15) is 10.1 Å². The van der Waals surface area contributed by atoms with E-state index in [0.29, 0.717) is 18.8 Å². The third-order valence-corrected chi connectivity index (χ3v) is 2.05. The van der Waals surface area contributed by atoms with Crippen LogP contribution in [-0.2, 0) is 0 Å². The van der Waals surface area contributed by atoms with Crippen molar-refractivity contribution in [2.24, 2.45) is 0 Å². The van der Waals surface area contributed by atoms with Gasteiger partial charge in [0.25, 0.3) is 5.69 Å². The number of nitrogens with zero attached hydrogens (tertiary/aromatic N) is 2. The van der Waals surface area contributed by atoms with Gasteiger partial charge in [0, 0.05) is 13.0 Å². The Balaban J connectivity index is 2.84. The maximum atomic E-state index is 10.8. The second-order valence-corrected chi connectivity index (χ2v) is 3.54. The van der Waals surface area contributed by atoms with Gasteiger partial charge in [0.15, 0.2) is 0 Å². The van der Waals surface area contributed by atoms with Gasteiger partial charge in [-0.25, -0.2) is 0 Å². The number of aromatic nitrogens is 1. The summed E-state index contributed by atoms with van der Waals surface area (Å²) in [7, 11) is 0. The van der Waals surface area contributed by atoms with E-state index in [1.165, 1.54) is 12.1 Å². The lowest BCUT2D eigenvalue weighted by Gasteiger charge is -2.07. The van der Waals surface area contributed by atoms with Crippen LogP contribution in [0.25, 0.3) is 0 Å². The molecule has 0 aromatic carbocycles. The lowest BCUT2D eigenvalue weighted by molar-refractivity contribution is -0.384. The van der Waals surface area contributed by atoms with Crippen molar-refractivity contribution >= 4 is 11.5 Å². The summed E-state index contributed by atoms with van der Waals surface area (Å²) >= 11 is 0. The predicted molar refractivity (Wildman–Crippen MR) is 68.6 cm³/mol. The molecular weight excluding hydrogens is 234 g/mol. The van der Waals surface area contributed by atoms with Gasteiger partial charge in [-0.1, -0.05) is 6.92 Å². The van der Waals surface area contributed by atoms with Gasteiger partial charge in [-0.15, -0.1) is 12.3 Å². The first-order valence-electron chi connectivity index (χ1n) is 5.64. The normalized spacial score (nSPS) is 9.56. The first-order chi connectivity index (χ1) is 8.67. The molecule has 0 aliphatic heterocycles. The van der Waals surface area contributed by atoms with E-state index in [0.717, 1.165) is 6.42 Å². The Kier molecular flexibility index (Phi) is 5.45. The highest BCUT2D eigenvalue weighted by Gasteiger charge is 2.11. The molecule has 1 N–H and O–H groups in total. The molecule has 6 nitrogen and oxygen atoms in total. The molecule has 1 aromatic heterocycles. The van der Waals surface area contributed by atoms with Crippen molar-refractivity contribution in [1.29, 1.82) is 0 Å². The van der Waals surface area contributed by atoms with Gasteiger partial charge in [0.1, 0.15) is 12.4 Å². The lowest BCUT2D eigenvalue weighted by Crippen LogP contribution is -2.05. The van der Waals surface area contributed by atoms with Crippen LogP contribution in [0.15, 0.2) is 12.1 Å². The van der Waals surface area contributed by atoms with Crippen LogP contribution in [0.4, 0.5) is 11.5 Å². The van der Waals surface area contributed by atoms with Crippen molar-refractivity contribution in [2.45, 2.75) is 19.8 Å². The summed E-state index contributed by atoms with van der Waals surface area (Å²) in [6.07, 6.45) is 6.43. The molecule has 1 rings (SSSR count). The molecule has 1 aromatic rings. The van der Waals surface area contributed by atoms with Gasteiger partial charge in [-0.2, -0.15) is 4.98 Å². The number of rotatable bonds is 7. The fraction of sp³-hybridized carbons (Fsp3) is 0.417. The van der Waals surface area contributed by atoms with Crippen LogP contribution < -0.4 is 10.1 Å². The molecule has 0 saturated carbocycles. The van der Waals surface area contributed by atoms with E-state index >= 15 is 0 Å². The molecule has 0 fully saturated rings. The van der Waals surface area contributed by atoms with E-state index in [2.05, 4.69) is 16.2 Å². The van der Waals surface area contributed by atoms with Crippen LogP contribution in [-0.4, -0.2) is 23.1 Å². The van der Waals surface area contributed by atoms with Crippen LogP contribution in [0, 0.1) is 22.5 Å². The zero-order valence-corrected chi connectivity index (χ0v) is 10.2. The van der Waals surface area contributed by atoms with Crippen molar-refractivity contribution in [3.8, 4) is 18.2 Å². The Morgan fingerprint density at radius 2 is 2.39 bits per heavy atom. The largest absolute Gasteiger partial charge is 0.476 e. The number of nitrogens with one attached hydrogen (secondary N) is 1. The summed E-state index contributed by atoms with van der Waals surface area (Å²) in [5.74, 6) is 3.06. The van der Waals surface area contributed by atoms with Crippen LogP contribution in [0.2, 0.25) is 0 Å². The van der Waals surface area contributed by atoms with Gasteiger partial charge in [-0.3, -0.25) is 10.1 Å². The standard InChI is InChI=1S/C12H15N3O3/c1-3-5-7-18-12-9-10(15(16)17)8-11(14-12)13-6-4-2/h1,8-9H,4-7H2,2H3,(H,13,14). The second-order valence-electron chi connectivity index (χ2n) is 3.54. The highest BCUT2D eigenvalue weighted by atomic mass is 16.6. The highest BCUT2D eigenvalue weighted by molar-refractivity contribution is 5.48. The first kappa shape index (κ1) is 13.8. The van der Waals surface area contributed by atoms with Crippen molar-refractivity contribution in [3.63, 3.8) is 0 Å². The third kappa shape index (κ3) is 4.29. The van der Waals surface area contributed by atoms with Crippen molar-refractivity contribution in [1.82, 2.24) is 4.98 Å². The molecule has 0 unspecified atom stereocenters. The molecule has 0 bridgehead atoms. The number of hydrogen-bond donors (Lipinski definition) is 1. The monoisotopic (exact) mass is 249 g/mol. The Morgan fingerprint density at radius 3 is 3.00 bits per heavy atom. The lowest BCUT2D eigenvalue weighted by atomic mass is 10.3. The summed E-state index contributed by atoms with van der Waals surface area (Å²) in [6, 6.07) is 2.66. The van der Waals surface area contributed by atoms with E-state index in [-0.39, 0.29) is 18.2 Å². The fourth-order valence-corrected chi connectivity index (χ4v) is 1.23. The Bertz CT molecular complexity index is 454. The van der Waals surface area contributed by atoms with Crippen LogP contribution in [0.1, 0.15) is 19.8 Å². The number of hydrogen-bond acceptors (Lipinski definition) is 5. The number of ether oxygens (including phenoxy) is 1. The molecular formula is C12H15N3O3. The molecule has 0 aliphatic carbocycles. The molecule has 0 aliphatic rings. The summed E-state index contributed by atoms with van der Waals surface area (Å²) < 4.78 is 5.26. The van der Waals surface area contributed by atoms with E-state index < -0.39 is 4.92 Å². The molecule has 18 heavy (non-hydrogen) atoms. The summed E-state index contributed by atoms with van der Waals surface area (Å²) in [5, 5.41) is 13.8. The number of nitro groups is 1. The Hall–Kier alpha value is -2.29. The third-order valence-electron chi connectivity index (χ3n) is 2.05. The van der Waals surface area contributed by atoms with Crippen molar-refractivity contribution in [3.05, 3.63) is 22.2 Å². The average Bonchev–Trinajstić information content (AvgIpc) is 2.36. The number of terminal acetylenes is 1. The average molecular weight is 249 g/mol. The number of anilines is 1. The molecule has 0 atom stereocenters. The van der Waals surface area contributed by atoms with Crippen LogP contribution in [0.3, 0.4) is 0 Å². The summed E-state index contributed by atoms with van der Waals surface area (Å²) in [6.45, 7) is 2.98. The summed E-state index contributed by atoms with van der Waals surface area (Å²) in [4.78, 5) is 14.4. The number of pyridine rings is 1. The van der Waals surface area contributed by atoms with Gasteiger partial charge < -0.3 is 10.1 Å². The topological polar surface area (TPSA) is 77.3 Å². The molecule has 0 saturated heterocycles. The van der Waals surface area contributed by atoms with Crippen molar-refractivity contribution in [2.75, 3.05) is 18.5 Å². The van der Waals surface area contributed by atoms with Gasteiger partial charge in [-0.05, 0) is 6.42 Å². The highest BCUT2D eigenvalue weighted by Crippen LogP contribution is 2.22. The second kappa shape index (κ2) is 7.12. The fourth-order valence-electron chi connectivity index (χ4n) is 1.23. The molecule has 0 amide bonds. The SMILES string of the molecule is C#CCCOc1cc([N+](=O)[O-])cc(NCCC)n1. The summed E-state index contributed by atoms with van der Waals surface area (Å²) in [5.41, 5.74) is -0.0562. The van der Waals surface area contributed by atoms with Crippen molar-refractivity contribution < 1.29 is 9.66 Å². The van der Waals surface area contributed by atoms with Gasteiger partial charge in [0.2, 0.25) is 5.88 Å². The minimum absolute atomic E-state index is 0.0562. The Morgan fingerprint density at radius 1 is 1.61 bits per heavy atom. The first-order valence-corrected chi connectivity index (χ1v) is 5.64. The minimum atomic E-state index is -0.479. The molecule has 6 heteroatoms. The van der Waals surface area contributed by atoms with Crippen LogP contribution >= 0.6 is 0 Å². The minimum Gasteiger partial charge on any atom is -0.476 e. The maximum absolute atomic E-state index is 10.8. The molecule has 0 spiro atoms. The molecule has 96 valence electrons. The van der Waals surface area contributed by atoms with E-state index in [1.54, 1.807) is 0 Å². The van der Waals surface area contributed by atoms with E-state index in [4.69, 9.17) is 11.2 Å². The zero-order chi connectivity index (χ0) is 13.4. The Labute approximate surface area is 106 Å². The molecule has 0 radical (unpaired) electrons. The predicted octanol–water partition coefficient (Wildman–Crippen LogP) is 2.21. The maximum Gasteiger partial charge on any atom is 0.278 e. The molecule has 1 heterocycles. The van der Waals surface area contributed by atoms with Crippen LogP contribution in [0.5, 0.6) is 5.88 Å². The van der Waals surface area contributed by atoms with Gasteiger partial charge >= 0.3 is 0 Å². The smallest absolute Gasteiger partial charge is 0.278 e. The quantitative estimate of drug-likeness (QED) is 0.347. The van der Waals surface area contributed by atoms with E-state index in [1.807, 2.05) is 6.92 Å². The van der Waals surface area contributed by atoms with Gasteiger partial charge in [0.05, 0.1) is 17.1 Å². The zero-order valence-electron chi connectivity index (χ0n) is 10.2.